The maximum atomic E-state index is 10.6. The maximum Gasteiger partial charge on any atom is 0.0614 e. The smallest absolute Gasteiger partial charge is 0.0614 e. The molecular formula is C22H38O3. The summed E-state index contributed by atoms with van der Waals surface area (Å²) in [6.45, 7) is 0.305. The van der Waals surface area contributed by atoms with Gasteiger partial charge in [-0.15, -0.1) is 0 Å². The first-order valence-electron chi connectivity index (χ1n) is 10.9. The largest absolute Gasteiger partial charge is 0.396 e. The normalized spacial score (nSPS) is 34.2. The molecule has 2 bridgehead atoms. The van der Waals surface area contributed by atoms with Crippen LogP contribution in [-0.4, -0.2) is 35.1 Å². The fourth-order valence-corrected chi connectivity index (χ4v) is 5.46. The van der Waals surface area contributed by atoms with Gasteiger partial charge in [0.15, 0.2) is 0 Å². The van der Waals surface area contributed by atoms with Crippen LogP contribution in [0.2, 0.25) is 0 Å². The van der Waals surface area contributed by atoms with Gasteiger partial charge in [-0.3, -0.25) is 0 Å². The molecule has 0 spiro atoms. The predicted octanol–water partition coefficient (Wildman–Crippen LogP) is 4.61. The standard InChI is InChI=1S/C22H38O3/c23-16-8-3-1-2-7-11-18-19(22-15-14-21(18)25-22)12-13-20(24)17-9-5-4-6-10-17/h2,7,17-24H,1,3-6,8-16H2/b7-2-/t18-,19+,20?,21-,22+/m0/s1. The monoisotopic (exact) mass is 350 g/mol. The number of rotatable bonds is 10. The van der Waals surface area contributed by atoms with Crippen LogP contribution in [0.25, 0.3) is 0 Å². The lowest BCUT2D eigenvalue weighted by Crippen LogP contribution is -2.29. The van der Waals surface area contributed by atoms with Crippen LogP contribution in [0.15, 0.2) is 12.2 Å². The van der Waals surface area contributed by atoms with Gasteiger partial charge in [-0.05, 0) is 82.0 Å². The molecule has 25 heavy (non-hydrogen) atoms. The van der Waals surface area contributed by atoms with E-state index in [1.807, 2.05) is 0 Å². The topological polar surface area (TPSA) is 49.7 Å². The van der Waals surface area contributed by atoms with E-state index < -0.39 is 0 Å². The van der Waals surface area contributed by atoms with Crippen molar-refractivity contribution in [3.63, 3.8) is 0 Å². The number of allylic oxidation sites excluding steroid dienone is 2. The molecule has 1 aliphatic carbocycles. The summed E-state index contributed by atoms with van der Waals surface area (Å²) in [6, 6.07) is 0. The average molecular weight is 351 g/mol. The van der Waals surface area contributed by atoms with E-state index in [0.29, 0.717) is 36.6 Å². The highest BCUT2D eigenvalue weighted by atomic mass is 16.5. The van der Waals surface area contributed by atoms with Crippen molar-refractivity contribution in [2.75, 3.05) is 6.61 Å². The molecule has 2 heterocycles. The lowest BCUT2D eigenvalue weighted by atomic mass is 9.74. The van der Waals surface area contributed by atoms with Crippen molar-refractivity contribution in [1.29, 1.82) is 0 Å². The number of unbranched alkanes of at least 4 members (excludes halogenated alkanes) is 2. The molecule has 0 aromatic rings. The predicted molar refractivity (Wildman–Crippen MR) is 101 cm³/mol. The Hall–Kier alpha value is -0.380. The molecule has 2 saturated heterocycles. The molecule has 3 fully saturated rings. The van der Waals surface area contributed by atoms with Crippen LogP contribution >= 0.6 is 0 Å². The second-order valence-electron chi connectivity index (χ2n) is 8.59. The van der Waals surface area contributed by atoms with Gasteiger partial charge >= 0.3 is 0 Å². The summed E-state index contributed by atoms with van der Waals surface area (Å²) in [5.41, 5.74) is 0. The molecule has 2 aliphatic heterocycles. The van der Waals surface area contributed by atoms with Gasteiger partial charge in [0.05, 0.1) is 18.3 Å². The van der Waals surface area contributed by atoms with Crippen molar-refractivity contribution in [2.24, 2.45) is 17.8 Å². The van der Waals surface area contributed by atoms with Crippen LogP contribution in [0.4, 0.5) is 0 Å². The van der Waals surface area contributed by atoms with Crippen molar-refractivity contribution in [2.45, 2.75) is 102 Å². The first-order valence-corrected chi connectivity index (χ1v) is 10.9. The SMILES string of the molecule is OCCCC/C=C\C[C@H]1[C@@H](CCC(O)C2CCCCC2)[C@H]2CC[C@@H]1O2. The Morgan fingerprint density at radius 2 is 1.68 bits per heavy atom. The summed E-state index contributed by atoms with van der Waals surface area (Å²) in [5.74, 6) is 1.86. The van der Waals surface area contributed by atoms with E-state index in [1.165, 1.54) is 44.9 Å². The van der Waals surface area contributed by atoms with Gasteiger partial charge in [0.2, 0.25) is 0 Å². The second kappa shape index (κ2) is 10.1. The van der Waals surface area contributed by atoms with Gasteiger partial charge in [0.25, 0.3) is 0 Å². The first kappa shape index (κ1) is 19.4. The third kappa shape index (κ3) is 5.30. The van der Waals surface area contributed by atoms with Gasteiger partial charge in [-0.1, -0.05) is 31.4 Å². The van der Waals surface area contributed by atoms with Gasteiger partial charge < -0.3 is 14.9 Å². The summed E-state index contributed by atoms with van der Waals surface area (Å²) < 4.78 is 6.22. The Bertz CT molecular complexity index is 402. The van der Waals surface area contributed by atoms with Gasteiger partial charge in [0, 0.05) is 6.61 Å². The van der Waals surface area contributed by atoms with Crippen LogP contribution in [0, 0.1) is 17.8 Å². The van der Waals surface area contributed by atoms with Crippen LogP contribution < -0.4 is 0 Å². The number of hydrogen-bond donors (Lipinski definition) is 2. The van der Waals surface area contributed by atoms with Crippen molar-refractivity contribution in [3.05, 3.63) is 12.2 Å². The van der Waals surface area contributed by atoms with E-state index in [4.69, 9.17) is 9.84 Å². The molecule has 0 radical (unpaired) electrons. The Labute approximate surface area is 153 Å². The van der Waals surface area contributed by atoms with E-state index in [2.05, 4.69) is 12.2 Å². The molecule has 3 nitrogen and oxygen atoms in total. The van der Waals surface area contributed by atoms with Crippen LogP contribution in [-0.2, 0) is 4.74 Å². The molecule has 1 saturated carbocycles. The summed E-state index contributed by atoms with van der Waals surface area (Å²) in [6.07, 6.45) is 20.7. The summed E-state index contributed by atoms with van der Waals surface area (Å²) in [5, 5.41) is 19.5. The van der Waals surface area contributed by atoms with Crippen molar-refractivity contribution in [3.8, 4) is 0 Å². The fraction of sp³-hybridized carbons (Fsp3) is 0.909. The molecule has 3 rings (SSSR count). The van der Waals surface area contributed by atoms with E-state index in [1.54, 1.807) is 0 Å². The zero-order chi connectivity index (χ0) is 17.5. The number of hydrogen-bond acceptors (Lipinski definition) is 3. The van der Waals surface area contributed by atoms with Crippen molar-refractivity contribution in [1.82, 2.24) is 0 Å². The van der Waals surface area contributed by atoms with Crippen LogP contribution in [0.1, 0.15) is 83.5 Å². The zero-order valence-corrected chi connectivity index (χ0v) is 15.8. The molecule has 2 N–H and O–H groups in total. The summed E-state index contributed by atoms with van der Waals surface area (Å²) in [4.78, 5) is 0. The third-order valence-electron chi connectivity index (χ3n) is 6.93. The average Bonchev–Trinajstić information content (AvgIpc) is 3.25. The lowest BCUT2D eigenvalue weighted by Gasteiger charge is -2.31. The molecule has 0 amide bonds. The minimum atomic E-state index is -0.0888. The van der Waals surface area contributed by atoms with Crippen molar-refractivity contribution < 1.29 is 14.9 Å². The number of aliphatic hydroxyl groups is 2. The Morgan fingerprint density at radius 1 is 0.920 bits per heavy atom. The Balaban J connectivity index is 1.43. The second-order valence-corrected chi connectivity index (χ2v) is 8.59. The van der Waals surface area contributed by atoms with Gasteiger partial charge in [-0.25, -0.2) is 0 Å². The molecule has 0 aromatic carbocycles. The van der Waals surface area contributed by atoms with E-state index in [-0.39, 0.29) is 6.10 Å². The quantitative estimate of drug-likeness (QED) is 0.447. The highest BCUT2D eigenvalue weighted by Crippen LogP contribution is 2.47. The highest BCUT2D eigenvalue weighted by molar-refractivity contribution is 5.00. The minimum Gasteiger partial charge on any atom is -0.396 e. The van der Waals surface area contributed by atoms with E-state index in [9.17, 15) is 5.11 Å². The van der Waals surface area contributed by atoms with Crippen molar-refractivity contribution >= 4 is 0 Å². The number of ether oxygens (including phenoxy) is 1. The molecule has 3 heteroatoms. The zero-order valence-electron chi connectivity index (χ0n) is 15.8. The summed E-state index contributed by atoms with van der Waals surface area (Å²) in [7, 11) is 0. The molecule has 3 aliphatic rings. The maximum absolute atomic E-state index is 10.6. The summed E-state index contributed by atoms with van der Waals surface area (Å²) >= 11 is 0. The highest BCUT2D eigenvalue weighted by Gasteiger charge is 2.47. The molecule has 144 valence electrons. The van der Waals surface area contributed by atoms with Gasteiger partial charge in [0.1, 0.15) is 0 Å². The number of fused-ring (bicyclic) bond motifs is 2. The Morgan fingerprint density at radius 3 is 2.44 bits per heavy atom. The Kier molecular flexibility index (Phi) is 7.82. The van der Waals surface area contributed by atoms with E-state index >= 15 is 0 Å². The minimum absolute atomic E-state index is 0.0888. The van der Waals surface area contributed by atoms with Gasteiger partial charge in [-0.2, -0.15) is 0 Å². The third-order valence-corrected chi connectivity index (χ3v) is 6.93. The molecular weight excluding hydrogens is 312 g/mol. The molecule has 0 aromatic heterocycles. The lowest BCUT2D eigenvalue weighted by molar-refractivity contribution is 0.0607. The van der Waals surface area contributed by atoms with Crippen LogP contribution in [0.3, 0.4) is 0 Å². The molecule has 5 atom stereocenters. The fourth-order valence-electron chi connectivity index (χ4n) is 5.46. The molecule has 1 unspecified atom stereocenters. The first-order chi connectivity index (χ1) is 12.3. The number of aliphatic hydroxyl groups excluding tert-OH is 2. The van der Waals surface area contributed by atoms with Crippen LogP contribution in [0.5, 0.6) is 0 Å². The van der Waals surface area contributed by atoms with E-state index in [0.717, 1.165) is 38.5 Å².